The molecule has 0 aliphatic rings. The predicted molar refractivity (Wildman–Crippen MR) is 100 cm³/mol. The third-order valence-electron chi connectivity index (χ3n) is 4.13. The highest BCUT2D eigenvalue weighted by molar-refractivity contribution is 5.63. The zero-order chi connectivity index (χ0) is 19.4. The van der Waals surface area contributed by atoms with Crippen LogP contribution in [0.1, 0.15) is 16.7 Å². The summed E-state index contributed by atoms with van der Waals surface area (Å²) in [6.45, 7) is 1.36. The molecule has 4 nitrogen and oxygen atoms in total. The van der Waals surface area contributed by atoms with Gasteiger partial charge in [-0.15, -0.1) is 0 Å². The van der Waals surface area contributed by atoms with Gasteiger partial charge in [-0.25, -0.2) is 0 Å². The molecule has 0 atom stereocenters. The summed E-state index contributed by atoms with van der Waals surface area (Å²) in [5, 5.41) is 10.3. The van der Waals surface area contributed by atoms with Gasteiger partial charge in [0.1, 0.15) is 0 Å². The Morgan fingerprint density at radius 1 is 1.07 bits per heavy atom. The van der Waals surface area contributed by atoms with Gasteiger partial charge in [-0.1, -0.05) is 24.3 Å². The van der Waals surface area contributed by atoms with Crippen LogP contribution in [0.4, 0.5) is 18.9 Å². The van der Waals surface area contributed by atoms with E-state index in [4.69, 9.17) is 0 Å². The number of H-pyrrole nitrogens is 1. The number of aromatic nitrogens is 2. The fraction of sp³-hybridized carbons (Fsp3) is 0.250. The Labute approximate surface area is 156 Å². The monoisotopic (exact) mass is 374 g/mol. The van der Waals surface area contributed by atoms with Crippen molar-refractivity contribution in [1.82, 2.24) is 15.1 Å². The molecular formula is C20H21F3N4. The van der Waals surface area contributed by atoms with Gasteiger partial charge >= 0.3 is 6.18 Å². The van der Waals surface area contributed by atoms with E-state index >= 15 is 0 Å². The maximum Gasteiger partial charge on any atom is 0.416 e. The van der Waals surface area contributed by atoms with E-state index in [9.17, 15) is 13.2 Å². The van der Waals surface area contributed by atoms with E-state index in [1.54, 1.807) is 6.20 Å². The minimum atomic E-state index is -4.34. The van der Waals surface area contributed by atoms with Gasteiger partial charge in [-0.2, -0.15) is 18.3 Å². The van der Waals surface area contributed by atoms with Crippen molar-refractivity contribution in [2.75, 3.05) is 19.4 Å². The van der Waals surface area contributed by atoms with Gasteiger partial charge in [0.05, 0.1) is 17.5 Å². The van der Waals surface area contributed by atoms with E-state index in [1.807, 2.05) is 26.2 Å². The van der Waals surface area contributed by atoms with Crippen molar-refractivity contribution in [2.24, 2.45) is 0 Å². The average molecular weight is 374 g/mol. The number of anilines is 1. The number of hydrogen-bond acceptors (Lipinski definition) is 3. The lowest BCUT2D eigenvalue weighted by Gasteiger charge is -2.12. The number of nitrogens with zero attached hydrogens (tertiary/aromatic N) is 2. The summed E-state index contributed by atoms with van der Waals surface area (Å²) >= 11 is 0. The molecule has 0 aliphatic carbocycles. The van der Waals surface area contributed by atoms with Crippen LogP contribution in [-0.4, -0.2) is 29.2 Å². The van der Waals surface area contributed by atoms with Gasteiger partial charge in [-0.3, -0.25) is 5.10 Å². The molecule has 1 aromatic heterocycles. The summed E-state index contributed by atoms with van der Waals surface area (Å²) in [7, 11) is 4.03. The minimum absolute atomic E-state index is 0.512. The predicted octanol–water partition coefficient (Wildman–Crippen LogP) is 4.77. The molecule has 3 rings (SSSR count). The second-order valence-corrected chi connectivity index (χ2v) is 6.64. The fourth-order valence-electron chi connectivity index (χ4n) is 2.86. The van der Waals surface area contributed by atoms with E-state index in [1.165, 1.54) is 17.7 Å². The zero-order valence-corrected chi connectivity index (χ0v) is 15.1. The van der Waals surface area contributed by atoms with E-state index in [-0.39, 0.29) is 0 Å². The Morgan fingerprint density at radius 3 is 2.48 bits per heavy atom. The molecule has 0 aliphatic heterocycles. The van der Waals surface area contributed by atoms with Crippen LogP contribution in [0.15, 0.2) is 54.7 Å². The molecule has 0 bridgehead atoms. The SMILES string of the molecule is CN(C)Cc1cccc(NCc2cn[nH]c2-c2ccc(C(F)(F)F)cc2)c1. The van der Waals surface area contributed by atoms with Crippen molar-refractivity contribution in [3.63, 3.8) is 0 Å². The number of aromatic amines is 1. The number of alkyl halides is 3. The van der Waals surface area contributed by atoms with Gasteiger partial charge in [-0.05, 0) is 49.5 Å². The smallest absolute Gasteiger partial charge is 0.381 e. The van der Waals surface area contributed by atoms with Crippen LogP contribution in [0.5, 0.6) is 0 Å². The molecule has 1 heterocycles. The summed E-state index contributed by atoms with van der Waals surface area (Å²) in [5.41, 5.74) is 3.77. The lowest BCUT2D eigenvalue weighted by atomic mass is 10.1. The normalized spacial score (nSPS) is 11.8. The van der Waals surface area contributed by atoms with Crippen LogP contribution in [0.25, 0.3) is 11.3 Å². The van der Waals surface area contributed by atoms with Crippen molar-refractivity contribution in [1.29, 1.82) is 0 Å². The molecule has 2 aromatic carbocycles. The highest BCUT2D eigenvalue weighted by Crippen LogP contribution is 2.31. The van der Waals surface area contributed by atoms with Gasteiger partial charge in [0.15, 0.2) is 0 Å². The van der Waals surface area contributed by atoms with E-state index < -0.39 is 11.7 Å². The van der Waals surface area contributed by atoms with Crippen LogP contribution in [0.2, 0.25) is 0 Å². The standard InChI is InChI=1S/C20H21F3N4/c1-27(2)13-14-4-3-5-18(10-14)24-11-16-12-25-26-19(16)15-6-8-17(9-7-15)20(21,22)23/h3-10,12,24H,11,13H2,1-2H3,(H,25,26). The maximum absolute atomic E-state index is 12.7. The van der Waals surface area contributed by atoms with E-state index in [2.05, 4.69) is 32.5 Å². The summed E-state index contributed by atoms with van der Waals surface area (Å²) in [6.07, 6.45) is -2.65. The molecule has 7 heteroatoms. The molecule has 27 heavy (non-hydrogen) atoms. The molecule has 0 saturated carbocycles. The first-order valence-electron chi connectivity index (χ1n) is 8.50. The third kappa shape index (κ3) is 4.89. The van der Waals surface area contributed by atoms with Gasteiger partial charge in [0.2, 0.25) is 0 Å². The molecule has 0 fully saturated rings. The van der Waals surface area contributed by atoms with Gasteiger partial charge in [0.25, 0.3) is 0 Å². The van der Waals surface area contributed by atoms with Crippen molar-refractivity contribution >= 4 is 5.69 Å². The van der Waals surface area contributed by atoms with Crippen molar-refractivity contribution in [3.8, 4) is 11.3 Å². The summed E-state index contributed by atoms with van der Waals surface area (Å²) in [4.78, 5) is 2.10. The number of halogens is 3. The van der Waals surface area contributed by atoms with Crippen LogP contribution in [0.3, 0.4) is 0 Å². The van der Waals surface area contributed by atoms with Crippen LogP contribution in [0, 0.1) is 0 Å². The first-order chi connectivity index (χ1) is 12.8. The van der Waals surface area contributed by atoms with Crippen LogP contribution in [-0.2, 0) is 19.3 Å². The molecule has 0 amide bonds. The number of rotatable bonds is 6. The summed E-state index contributed by atoms with van der Waals surface area (Å²) in [6, 6.07) is 13.2. The first-order valence-corrected chi connectivity index (χ1v) is 8.50. The fourth-order valence-corrected chi connectivity index (χ4v) is 2.86. The van der Waals surface area contributed by atoms with Gasteiger partial charge in [0, 0.05) is 24.3 Å². The second kappa shape index (κ2) is 7.84. The molecule has 2 N–H and O–H groups in total. The topological polar surface area (TPSA) is 44.0 Å². The Morgan fingerprint density at radius 2 is 1.81 bits per heavy atom. The minimum Gasteiger partial charge on any atom is -0.381 e. The quantitative estimate of drug-likeness (QED) is 0.653. The molecule has 0 saturated heterocycles. The molecule has 0 spiro atoms. The van der Waals surface area contributed by atoms with Gasteiger partial charge < -0.3 is 10.2 Å². The Kier molecular flexibility index (Phi) is 5.51. The highest BCUT2D eigenvalue weighted by atomic mass is 19.4. The maximum atomic E-state index is 12.7. The van der Waals surface area contributed by atoms with E-state index in [0.29, 0.717) is 17.8 Å². The molecular weight excluding hydrogens is 353 g/mol. The third-order valence-corrected chi connectivity index (χ3v) is 4.13. The molecule has 3 aromatic rings. The van der Waals surface area contributed by atoms with Crippen molar-refractivity contribution < 1.29 is 13.2 Å². The average Bonchev–Trinajstić information content (AvgIpc) is 3.08. The number of nitrogens with one attached hydrogen (secondary N) is 2. The lowest BCUT2D eigenvalue weighted by molar-refractivity contribution is -0.137. The van der Waals surface area contributed by atoms with Crippen molar-refractivity contribution in [3.05, 3.63) is 71.4 Å². The Hall–Kier alpha value is -2.80. The highest BCUT2D eigenvalue weighted by Gasteiger charge is 2.30. The zero-order valence-electron chi connectivity index (χ0n) is 15.1. The van der Waals surface area contributed by atoms with Crippen LogP contribution >= 0.6 is 0 Å². The van der Waals surface area contributed by atoms with Crippen molar-refractivity contribution in [2.45, 2.75) is 19.3 Å². The largest absolute Gasteiger partial charge is 0.416 e. The second-order valence-electron chi connectivity index (χ2n) is 6.64. The molecule has 0 radical (unpaired) electrons. The molecule has 0 unspecified atom stereocenters. The number of hydrogen-bond donors (Lipinski definition) is 2. The van der Waals surface area contributed by atoms with E-state index in [0.717, 1.165) is 29.9 Å². The summed E-state index contributed by atoms with van der Waals surface area (Å²) in [5.74, 6) is 0. The first kappa shape index (κ1) is 19.0. The Balaban J connectivity index is 1.72. The summed E-state index contributed by atoms with van der Waals surface area (Å²) < 4.78 is 38.2. The molecule has 142 valence electrons. The Bertz CT molecular complexity index is 883. The van der Waals surface area contributed by atoms with Crippen LogP contribution < -0.4 is 5.32 Å². The lowest BCUT2D eigenvalue weighted by Crippen LogP contribution is -2.10. The number of benzene rings is 2.